The first kappa shape index (κ1) is 12.4. The van der Waals surface area contributed by atoms with Crippen molar-refractivity contribution in [3.8, 4) is 0 Å². The Bertz CT molecular complexity index is 209. The molecule has 0 aromatic rings. The summed E-state index contributed by atoms with van der Waals surface area (Å²) in [5.74, 6) is 1.97. The van der Waals surface area contributed by atoms with Crippen molar-refractivity contribution < 1.29 is 0 Å². The number of likely N-dealkylation sites (tertiary alicyclic amines) is 2. The van der Waals surface area contributed by atoms with Crippen molar-refractivity contribution in [1.29, 1.82) is 0 Å². The molecule has 2 heteroatoms. The molecular formula is C14H28N2. The summed E-state index contributed by atoms with van der Waals surface area (Å²) in [6.07, 6.45) is 4.26. The van der Waals surface area contributed by atoms with E-state index in [2.05, 4.69) is 30.6 Å². The van der Waals surface area contributed by atoms with Gasteiger partial charge in [0.1, 0.15) is 0 Å². The average Bonchev–Trinajstić information content (AvgIpc) is 2.58. The molecule has 0 N–H and O–H groups in total. The molecule has 0 spiro atoms. The molecule has 0 radical (unpaired) electrons. The maximum atomic E-state index is 2.71. The van der Waals surface area contributed by atoms with Crippen LogP contribution in [0.5, 0.6) is 0 Å². The molecule has 16 heavy (non-hydrogen) atoms. The highest BCUT2D eigenvalue weighted by Gasteiger charge is 2.31. The second kappa shape index (κ2) is 5.50. The summed E-state index contributed by atoms with van der Waals surface area (Å²) >= 11 is 0. The Morgan fingerprint density at radius 3 is 2.50 bits per heavy atom. The average molecular weight is 224 g/mol. The van der Waals surface area contributed by atoms with Crippen LogP contribution in [-0.2, 0) is 0 Å². The molecular weight excluding hydrogens is 196 g/mol. The number of rotatable bonds is 5. The van der Waals surface area contributed by atoms with Crippen molar-refractivity contribution in [1.82, 2.24) is 9.80 Å². The first-order chi connectivity index (χ1) is 7.69. The summed E-state index contributed by atoms with van der Waals surface area (Å²) in [4.78, 5) is 5.30. The van der Waals surface area contributed by atoms with E-state index in [4.69, 9.17) is 0 Å². The van der Waals surface area contributed by atoms with Gasteiger partial charge in [0.05, 0.1) is 0 Å². The standard InChI is InChI=1S/C14H28N2/c1-4-5-13-6-7-15(8-13)9-14-10-16(11-14)12(2)3/h12-14H,4-11H2,1-3H3. The molecule has 2 aliphatic heterocycles. The molecule has 0 aliphatic carbocycles. The van der Waals surface area contributed by atoms with Crippen molar-refractivity contribution >= 4 is 0 Å². The first-order valence-corrected chi connectivity index (χ1v) is 7.15. The minimum Gasteiger partial charge on any atom is -0.303 e. The minimum atomic E-state index is 0.752. The number of nitrogens with zero attached hydrogens (tertiary/aromatic N) is 2. The van der Waals surface area contributed by atoms with Crippen LogP contribution in [0.1, 0.15) is 40.0 Å². The second-order valence-electron chi connectivity index (χ2n) is 6.12. The molecule has 0 bridgehead atoms. The summed E-state index contributed by atoms with van der Waals surface area (Å²) in [6.45, 7) is 13.7. The third-order valence-electron chi connectivity index (χ3n) is 4.30. The van der Waals surface area contributed by atoms with Gasteiger partial charge in [-0.1, -0.05) is 13.3 Å². The Morgan fingerprint density at radius 2 is 1.88 bits per heavy atom. The predicted octanol–water partition coefficient (Wildman–Crippen LogP) is 2.45. The normalized spacial score (nSPS) is 28.9. The Hall–Kier alpha value is -0.0800. The molecule has 1 atom stereocenters. The number of hydrogen-bond acceptors (Lipinski definition) is 2. The van der Waals surface area contributed by atoms with Crippen molar-refractivity contribution in [2.75, 3.05) is 32.7 Å². The van der Waals surface area contributed by atoms with Gasteiger partial charge in [-0.25, -0.2) is 0 Å². The number of hydrogen-bond donors (Lipinski definition) is 0. The van der Waals surface area contributed by atoms with Gasteiger partial charge in [-0.15, -0.1) is 0 Å². The summed E-state index contributed by atoms with van der Waals surface area (Å²) in [5.41, 5.74) is 0. The molecule has 1 unspecified atom stereocenters. The van der Waals surface area contributed by atoms with Crippen molar-refractivity contribution in [2.24, 2.45) is 11.8 Å². The zero-order valence-electron chi connectivity index (χ0n) is 11.3. The highest BCUT2D eigenvalue weighted by atomic mass is 15.2. The Morgan fingerprint density at radius 1 is 1.12 bits per heavy atom. The van der Waals surface area contributed by atoms with Crippen LogP contribution in [0.15, 0.2) is 0 Å². The van der Waals surface area contributed by atoms with E-state index < -0.39 is 0 Å². The van der Waals surface area contributed by atoms with E-state index in [0.29, 0.717) is 0 Å². The molecule has 2 heterocycles. The predicted molar refractivity (Wildman–Crippen MR) is 69.7 cm³/mol. The Balaban J connectivity index is 1.62. The van der Waals surface area contributed by atoms with Gasteiger partial charge in [0.25, 0.3) is 0 Å². The van der Waals surface area contributed by atoms with E-state index >= 15 is 0 Å². The highest BCUT2D eigenvalue weighted by molar-refractivity contribution is 4.86. The van der Waals surface area contributed by atoms with Gasteiger partial charge < -0.3 is 9.80 Å². The van der Waals surface area contributed by atoms with Crippen molar-refractivity contribution in [2.45, 2.75) is 46.1 Å². The van der Waals surface area contributed by atoms with Gasteiger partial charge in [-0.3, -0.25) is 0 Å². The maximum Gasteiger partial charge on any atom is 0.00388 e. The topological polar surface area (TPSA) is 6.48 Å². The highest BCUT2D eigenvalue weighted by Crippen LogP contribution is 2.25. The molecule has 94 valence electrons. The first-order valence-electron chi connectivity index (χ1n) is 7.15. The van der Waals surface area contributed by atoms with Gasteiger partial charge >= 0.3 is 0 Å². The van der Waals surface area contributed by atoms with E-state index in [0.717, 1.165) is 17.9 Å². The van der Waals surface area contributed by atoms with Crippen molar-refractivity contribution in [3.63, 3.8) is 0 Å². The van der Waals surface area contributed by atoms with E-state index in [1.807, 2.05) is 0 Å². The fraction of sp³-hybridized carbons (Fsp3) is 1.00. The fourth-order valence-corrected chi connectivity index (χ4v) is 3.23. The van der Waals surface area contributed by atoms with Crippen LogP contribution in [0.3, 0.4) is 0 Å². The van der Waals surface area contributed by atoms with Crippen LogP contribution in [0.25, 0.3) is 0 Å². The SMILES string of the molecule is CCCC1CCN(CC2CN(C(C)C)C2)C1. The molecule has 2 fully saturated rings. The van der Waals surface area contributed by atoms with E-state index in [-0.39, 0.29) is 0 Å². The summed E-state index contributed by atoms with van der Waals surface area (Å²) < 4.78 is 0. The lowest BCUT2D eigenvalue weighted by molar-refractivity contribution is 0.0464. The van der Waals surface area contributed by atoms with E-state index in [1.54, 1.807) is 0 Å². The molecule has 0 saturated carbocycles. The Kier molecular flexibility index (Phi) is 4.26. The largest absolute Gasteiger partial charge is 0.303 e. The lowest BCUT2D eigenvalue weighted by Crippen LogP contribution is -2.53. The van der Waals surface area contributed by atoms with Gasteiger partial charge in [-0.2, -0.15) is 0 Å². The summed E-state index contributed by atoms with van der Waals surface area (Å²) in [7, 11) is 0. The Labute approximate surface area is 101 Å². The zero-order valence-corrected chi connectivity index (χ0v) is 11.3. The lowest BCUT2D eigenvalue weighted by Gasteiger charge is -2.43. The molecule has 2 rings (SSSR count). The van der Waals surface area contributed by atoms with E-state index in [9.17, 15) is 0 Å². The molecule has 0 aromatic heterocycles. The smallest absolute Gasteiger partial charge is 0.00388 e. The molecule has 2 aliphatic rings. The molecule has 2 nitrogen and oxygen atoms in total. The second-order valence-corrected chi connectivity index (χ2v) is 6.12. The van der Waals surface area contributed by atoms with Crippen LogP contribution >= 0.6 is 0 Å². The van der Waals surface area contributed by atoms with E-state index in [1.165, 1.54) is 52.0 Å². The molecule has 0 amide bonds. The van der Waals surface area contributed by atoms with Crippen LogP contribution in [0, 0.1) is 11.8 Å². The zero-order chi connectivity index (χ0) is 11.5. The monoisotopic (exact) mass is 224 g/mol. The van der Waals surface area contributed by atoms with Gasteiger partial charge in [-0.05, 0) is 45.1 Å². The van der Waals surface area contributed by atoms with Gasteiger partial charge in [0, 0.05) is 32.2 Å². The molecule has 2 saturated heterocycles. The van der Waals surface area contributed by atoms with Crippen LogP contribution in [-0.4, -0.2) is 48.6 Å². The quantitative estimate of drug-likeness (QED) is 0.708. The lowest BCUT2D eigenvalue weighted by atomic mass is 9.97. The van der Waals surface area contributed by atoms with Crippen LogP contribution < -0.4 is 0 Å². The summed E-state index contributed by atoms with van der Waals surface area (Å²) in [6, 6.07) is 0.752. The van der Waals surface area contributed by atoms with Gasteiger partial charge in [0.2, 0.25) is 0 Å². The van der Waals surface area contributed by atoms with Crippen molar-refractivity contribution in [3.05, 3.63) is 0 Å². The van der Waals surface area contributed by atoms with Gasteiger partial charge in [0.15, 0.2) is 0 Å². The molecule has 0 aromatic carbocycles. The summed E-state index contributed by atoms with van der Waals surface area (Å²) in [5, 5.41) is 0. The third kappa shape index (κ3) is 2.98. The van der Waals surface area contributed by atoms with Crippen LogP contribution in [0.2, 0.25) is 0 Å². The maximum absolute atomic E-state index is 2.71. The van der Waals surface area contributed by atoms with Crippen LogP contribution in [0.4, 0.5) is 0 Å². The minimum absolute atomic E-state index is 0.752. The fourth-order valence-electron chi connectivity index (χ4n) is 3.23. The third-order valence-corrected chi connectivity index (χ3v) is 4.30.